The summed E-state index contributed by atoms with van der Waals surface area (Å²) in [4.78, 5) is 24.6. The van der Waals surface area contributed by atoms with Gasteiger partial charge in [-0.05, 0) is 30.7 Å². The second kappa shape index (κ2) is 6.74. The van der Waals surface area contributed by atoms with E-state index in [2.05, 4.69) is 10.6 Å². The van der Waals surface area contributed by atoms with Crippen LogP contribution in [-0.2, 0) is 15.8 Å². The first-order valence-electron chi connectivity index (χ1n) is 8.50. The topological polar surface area (TPSA) is 76.7 Å². The average molecular weight is 392 g/mol. The zero-order valence-electron chi connectivity index (χ0n) is 14.4. The van der Waals surface area contributed by atoms with Gasteiger partial charge in [-0.2, -0.15) is 13.2 Å². The van der Waals surface area contributed by atoms with Gasteiger partial charge in [0.2, 0.25) is 18.6 Å². The van der Waals surface area contributed by atoms with E-state index in [4.69, 9.17) is 9.47 Å². The standard InChI is InChI=1S/C19H15F3N2O4/c20-19(21,22)13-3-1-2-4-14(13)24-18(26)12-8-11(12)17(25)23-10-5-6-15-16(7-10)28-9-27-15/h1-7,11-12H,8-9H2,(H,23,25)(H,24,26). The molecular formula is C19H15F3N2O4. The molecule has 2 aromatic rings. The number of nitrogens with one attached hydrogen (secondary N) is 2. The van der Waals surface area contributed by atoms with Gasteiger partial charge in [0, 0.05) is 11.8 Å². The van der Waals surface area contributed by atoms with E-state index < -0.39 is 29.5 Å². The first-order chi connectivity index (χ1) is 13.3. The minimum Gasteiger partial charge on any atom is -0.454 e. The van der Waals surface area contributed by atoms with E-state index in [-0.39, 0.29) is 24.8 Å². The fourth-order valence-corrected chi connectivity index (χ4v) is 3.05. The van der Waals surface area contributed by atoms with Gasteiger partial charge in [-0.25, -0.2) is 0 Å². The van der Waals surface area contributed by atoms with Crippen LogP contribution in [0, 0.1) is 11.8 Å². The maximum atomic E-state index is 13.0. The molecule has 0 radical (unpaired) electrons. The molecule has 0 saturated heterocycles. The lowest BCUT2D eigenvalue weighted by Crippen LogP contribution is -2.22. The molecule has 6 nitrogen and oxygen atoms in total. The van der Waals surface area contributed by atoms with E-state index in [0.29, 0.717) is 17.2 Å². The number of carbonyl (C=O) groups is 2. The van der Waals surface area contributed by atoms with Crippen molar-refractivity contribution in [1.29, 1.82) is 0 Å². The van der Waals surface area contributed by atoms with Crippen LogP contribution in [0.15, 0.2) is 42.5 Å². The molecular weight excluding hydrogens is 377 g/mol. The van der Waals surface area contributed by atoms with Crippen molar-refractivity contribution >= 4 is 23.2 Å². The number of hydrogen-bond donors (Lipinski definition) is 2. The molecule has 0 spiro atoms. The van der Waals surface area contributed by atoms with Gasteiger partial charge >= 0.3 is 6.18 Å². The molecule has 2 atom stereocenters. The Morgan fingerprint density at radius 1 is 0.929 bits per heavy atom. The van der Waals surface area contributed by atoms with Crippen molar-refractivity contribution in [2.45, 2.75) is 12.6 Å². The van der Waals surface area contributed by atoms with E-state index >= 15 is 0 Å². The Kier molecular flexibility index (Phi) is 4.37. The molecule has 4 rings (SSSR count). The monoisotopic (exact) mass is 392 g/mol. The van der Waals surface area contributed by atoms with E-state index in [0.717, 1.165) is 6.07 Å². The molecule has 1 saturated carbocycles. The Morgan fingerprint density at radius 3 is 2.36 bits per heavy atom. The van der Waals surface area contributed by atoms with Crippen LogP contribution in [0.4, 0.5) is 24.5 Å². The highest BCUT2D eigenvalue weighted by Crippen LogP contribution is 2.42. The van der Waals surface area contributed by atoms with E-state index in [1.54, 1.807) is 18.2 Å². The lowest BCUT2D eigenvalue weighted by Gasteiger charge is -2.13. The first-order valence-corrected chi connectivity index (χ1v) is 8.50. The van der Waals surface area contributed by atoms with Crippen LogP contribution < -0.4 is 20.1 Å². The van der Waals surface area contributed by atoms with Crippen LogP contribution in [0.2, 0.25) is 0 Å². The summed E-state index contributed by atoms with van der Waals surface area (Å²) in [5.41, 5.74) is -0.755. The number of hydrogen-bond acceptors (Lipinski definition) is 4. The number of benzene rings is 2. The molecule has 2 N–H and O–H groups in total. The number of carbonyl (C=O) groups excluding carboxylic acids is 2. The molecule has 1 fully saturated rings. The Bertz CT molecular complexity index is 945. The first kappa shape index (κ1) is 18.1. The molecule has 2 amide bonds. The number of amides is 2. The van der Waals surface area contributed by atoms with Gasteiger partial charge in [0.25, 0.3) is 0 Å². The summed E-state index contributed by atoms with van der Waals surface area (Å²) in [6, 6.07) is 9.64. The highest BCUT2D eigenvalue weighted by molar-refractivity contribution is 6.03. The molecule has 9 heteroatoms. The van der Waals surface area contributed by atoms with Gasteiger partial charge < -0.3 is 20.1 Å². The Balaban J connectivity index is 1.38. The zero-order chi connectivity index (χ0) is 19.9. The van der Waals surface area contributed by atoms with Crippen molar-refractivity contribution < 1.29 is 32.2 Å². The van der Waals surface area contributed by atoms with Gasteiger partial charge in [0.15, 0.2) is 11.5 Å². The molecule has 2 aliphatic rings. The van der Waals surface area contributed by atoms with Gasteiger partial charge in [0.05, 0.1) is 23.1 Å². The zero-order valence-corrected chi connectivity index (χ0v) is 14.4. The highest BCUT2D eigenvalue weighted by atomic mass is 19.4. The third-order valence-corrected chi connectivity index (χ3v) is 4.59. The van der Waals surface area contributed by atoms with E-state index in [1.807, 2.05) is 0 Å². The molecule has 2 unspecified atom stereocenters. The number of ether oxygens (including phenoxy) is 2. The van der Waals surface area contributed by atoms with Gasteiger partial charge in [-0.3, -0.25) is 9.59 Å². The smallest absolute Gasteiger partial charge is 0.418 e. The highest BCUT2D eigenvalue weighted by Gasteiger charge is 2.48. The van der Waals surface area contributed by atoms with Crippen LogP contribution in [0.3, 0.4) is 0 Å². The maximum Gasteiger partial charge on any atom is 0.418 e. The van der Waals surface area contributed by atoms with Crippen LogP contribution in [0.1, 0.15) is 12.0 Å². The Morgan fingerprint density at radius 2 is 1.61 bits per heavy atom. The fourth-order valence-electron chi connectivity index (χ4n) is 3.05. The van der Waals surface area contributed by atoms with Crippen LogP contribution >= 0.6 is 0 Å². The number of halogens is 3. The Hall–Kier alpha value is -3.23. The SMILES string of the molecule is O=C(Nc1ccc2c(c1)OCO2)C1CC1C(=O)Nc1ccccc1C(F)(F)F. The van der Waals surface area contributed by atoms with E-state index in [9.17, 15) is 22.8 Å². The largest absolute Gasteiger partial charge is 0.454 e. The minimum atomic E-state index is -4.58. The lowest BCUT2D eigenvalue weighted by atomic mass is 10.1. The van der Waals surface area contributed by atoms with Crippen molar-refractivity contribution in [1.82, 2.24) is 0 Å². The third kappa shape index (κ3) is 3.60. The number of anilines is 2. The fraction of sp³-hybridized carbons (Fsp3) is 0.263. The van der Waals surface area contributed by atoms with Crippen molar-refractivity contribution in [2.24, 2.45) is 11.8 Å². The van der Waals surface area contributed by atoms with Crippen molar-refractivity contribution in [3.63, 3.8) is 0 Å². The summed E-state index contributed by atoms with van der Waals surface area (Å²) >= 11 is 0. The molecule has 0 bridgehead atoms. The molecule has 2 aromatic carbocycles. The second-order valence-corrected chi connectivity index (χ2v) is 6.54. The van der Waals surface area contributed by atoms with Crippen LogP contribution in [-0.4, -0.2) is 18.6 Å². The van der Waals surface area contributed by atoms with Gasteiger partial charge in [-0.15, -0.1) is 0 Å². The molecule has 1 aliphatic carbocycles. The predicted octanol–water partition coefficient (Wildman–Crippen LogP) is 3.65. The van der Waals surface area contributed by atoms with Crippen LogP contribution in [0.25, 0.3) is 0 Å². The van der Waals surface area contributed by atoms with Crippen molar-refractivity contribution in [3.8, 4) is 11.5 Å². The summed E-state index contributed by atoms with van der Waals surface area (Å²) < 4.78 is 49.5. The summed E-state index contributed by atoms with van der Waals surface area (Å²) in [5, 5.41) is 4.97. The maximum absolute atomic E-state index is 13.0. The molecule has 1 heterocycles. The molecule has 0 aromatic heterocycles. The quantitative estimate of drug-likeness (QED) is 0.833. The van der Waals surface area contributed by atoms with Gasteiger partial charge in [-0.1, -0.05) is 12.1 Å². The summed E-state index contributed by atoms with van der Waals surface area (Å²) in [6.07, 6.45) is -4.31. The summed E-state index contributed by atoms with van der Waals surface area (Å²) in [5.74, 6) is -1.17. The lowest BCUT2D eigenvalue weighted by molar-refractivity contribution is -0.137. The molecule has 146 valence electrons. The number of para-hydroxylation sites is 1. The number of fused-ring (bicyclic) bond motifs is 1. The second-order valence-electron chi connectivity index (χ2n) is 6.54. The molecule has 1 aliphatic heterocycles. The Labute approximate surface area is 157 Å². The minimum absolute atomic E-state index is 0.108. The number of rotatable bonds is 4. The van der Waals surface area contributed by atoms with Crippen LogP contribution in [0.5, 0.6) is 11.5 Å². The number of alkyl halides is 3. The van der Waals surface area contributed by atoms with Gasteiger partial charge in [0.1, 0.15) is 0 Å². The van der Waals surface area contributed by atoms with E-state index in [1.165, 1.54) is 18.2 Å². The van der Waals surface area contributed by atoms with Crippen molar-refractivity contribution in [3.05, 3.63) is 48.0 Å². The molecule has 28 heavy (non-hydrogen) atoms. The summed E-state index contributed by atoms with van der Waals surface area (Å²) in [7, 11) is 0. The average Bonchev–Trinajstić information content (AvgIpc) is 3.32. The normalized spacial score (nSPS) is 19.8. The predicted molar refractivity (Wildman–Crippen MR) is 92.9 cm³/mol. The third-order valence-electron chi connectivity index (χ3n) is 4.59. The summed E-state index contributed by atoms with van der Waals surface area (Å²) in [6.45, 7) is 0.108. The van der Waals surface area contributed by atoms with Crippen molar-refractivity contribution in [2.75, 3.05) is 17.4 Å².